The second-order valence-corrected chi connectivity index (χ2v) is 6.11. The lowest BCUT2D eigenvalue weighted by Crippen LogP contribution is -1.97. The molecule has 0 aliphatic heterocycles. The van der Waals surface area contributed by atoms with Gasteiger partial charge in [-0.25, -0.2) is 0 Å². The highest BCUT2D eigenvalue weighted by molar-refractivity contribution is 6.38. The van der Waals surface area contributed by atoms with Crippen LogP contribution in [0.5, 0.6) is 0 Å². The van der Waals surface area contributed by atoms with Crippen molar-refractivity contribution in [2.24, 2.45) is 0 Å². The summed E-state index contributed by atoms with van der Waals surface area (Å²) in [6.45, 7) is 2.03. The summed E-state index contributed by atoms with van der Waals surface area (Å²) in [6.07, 6.45) is 2.26. The number of aryl methyl sites for hydroxylation is 1. The highest BCUT2D eigenvalue weighted by Crippen LogP contribution is 2.39. The average Bonchev–Trinajstić information content (AvgIpc) is 3.20. The Kier molecular flexibility index (Phi) is 2.91. The second kappa shape index (κ2) is 4.68. The predicted octanol–water partition coefficient (Wildman–Crippen LogP) is 4.28. The lowest BCUT2D eigenvalue weighted by molar-refractivity contribution is 0.874. The Labute approximate surface area is 131 Å². The summed E-state index contributed by atoms with van der Waals surface area (Å²) < 4.78 is 1.58. The summed E-state index contributed by atoms with van der Waals surface area (Å²) in [5, 5.41) is 5.28. The SMILES string of the molecule is Cc1cccc(-c2c(Cl)nc3nc(C4CC4)nn3c2Cl)c1. The molecule has 1 saturated carbocycles. The first-order valence-electron chi connectivity index (χ1n) is 6.82. The van der Waals surface area contributed by atoms with E-state index in [2.05, 4.69) is 15.1 Å². The van der Waals surface area contributed by atoms with Gasteiger partial charge in [0.2, 0.25) is 0 Å². The van der Waals surface area contributed by atoms with Crippen LogP contribution >= 0.6 is 23.2 Å². The smallest absolute Gasteiger partial charge is 0.198 e. The summed E-state index contributed by atoms with van der Waals surface area (Å²) in [7, 11) is 0. The molecule has 1 fully saturated rings. The van der Waals surface area contributed by atoms with Gasteiger partial charge in [-0.15, -0.1) is 5.10 Å². The molecular formula is C15H12Cl2N4. The van der Waals surface area contributed by atoms with Crippen LogP contribution in [0.1, 0.15) is 30.1 Å². The van der Waals surface area contributed by atoms with E-state index in [1.165, 1.54) is 0 Å². The quantitative estimate of drug-likeness (QED) is 0.662. The average molecular weight is 319 g/mol. The van der Waals surface area contributed by atoms with Gasteiger partial charge < -0.3 is 0 Å². The lowest BCUT2D eigenvalue weighted by atomic mass is 10.1. The minimum Gasteiger partial charge on any atom is -0.198 e. The number of fused-ring (bicyclic) bond motifs is 1. The van der Waals surface area contributed by atoms with Crippen molar-refractivity contribution in [1.29, 1.82) is 0 Å². The van der Waals surface area contributed by atoms with E-state index in [1.54, 1.807) is 4.52 Å². The first-order valence-corrected chi connectivity index (χ1v) is 7.58. The first-order chi connectivity index (χ1) is 10.1. The zero-order chi connectivity index (χ0) is 14.6. The molecule has 2 heterocycles. The number of benzene rings is 1. The Bertz CT molecular complexity index is 852. The predicted molar refractivity (Wildman–Crippen MR) is 83.0 cm³/mol. The third-order valence-corrected chi connectivity index (χ3v) is 4.27. The molecule has 0 N–H and O–H groups in total. The molecule has 21 heavy (non-hydrogen) atoms. The van der Waals surface area contributed by atoms with Crippen molar-refractivity contribution in [1.82, 2.24) is 19.6 Å². The molecule has 0 amide bonds. The largest absolute Gasteiger partial charge is 0.255 e. The van der Waals surface area contributed by atoms with Gasteiger partial charge in [0.05, 0.1) is 5.56 Å². The number of halogens is 2. The van der Waals surface area contributed by atoms with Gasteiger partial charge in [-0.3, -0.25) is 0 Å². The van der Waals surface area contributed by atoms with Gasteiger partial charge in [-0.05, 0) is 25.3 Å². The normalized spacial score (nSPS) is 14.8. The van der Waals surface area contributed by atoms with Gasteiger partial charge in [0.1, 0.15) is 10.3 Å². The van der Waals surface area contributed by atoms with E-state index >= 15 is 0 Å². The van der Waals surface area contributed by atoms with Crippen LogP contribution in [0.15, 0.2) is 24.3 Å². The van der Waals surface area contributed by atoms with Crippen LogP contribution in [0, 0.1) is 6.92 Å². The topological polar surface area (TPSA) is 43.1 Å². The summed E-state index contributed by atoms with van der Waals surface area (Å²) in [5.41, 5.74) is 2.77. The summed E-state index contributed by atoms with van der Waals surface area (Å²) in [6, 6.07) is 7.99. The van der Waals surface area contributed by atoms with Crippen LogP contribution in [0.2, 0.25) is 10.3 Å². The van der Waals surface area contributed by atoms with Gasteiger partial charge >= 0.3 is 0 Å². The summed E-state index contributed by atoms with van der Waals surface area (Å²) >= 11 is 12.8. The monoisotopic (exact) mass is 318 g/mol. The van der Waals surface area contributed by atoms with Gasteiger partial charge in [0, 0.05) is 5.92 Å². The Morgan fingerprint density at radius 3 is 2.71 bits per heavy atom. The number of hydrogen-bond donors (Lipinski definition) is 0. The maximum absolute atomic E-state index is 6.51. The van der Waals surface area contributed by atoms with Crippen LogP contribution in [-0.4, -0.2) is 19.6 Å². The standard InChI is InChI=1S/C15H12Cl2N4/c1-8-3-2-4-10(7-8)11-12(16)18-15-19-14(9-5-6-9)20-21(15)13(11)17/h2-4,7,9H,5-6H2,1H3. The molecule has 0 atom stereocenters. The van der Waals surface area contributed by atoms with Crippen molar-refractivity contribution in [3.05, 3.63) is 46.0 Å². The minimum absolute atomic E-state index is 0.354. The Morgan fingerprint density at radius 1 is 1.19 bits per heavy atom. The highest BCUT2D eigenvalue weighted by atomic mass is 35.5. The van der Waals surface area contributed by atoms with Gasteiger partial charge in [-0.1, -0.05) is 53.0 Å². The van der Waals surface area contributed by atoms with E-state index in [1.807, 2.05) is 31.2 Å². The molecule has 0 bridgehead atoms. The van der Waals surface area contributed by atoms with Crippen LogP contribution in [0.3, 0.4) is 0 Å². The van der Waals surface area contributed by atoms with E-state index in [4.69, 9.17) is 23.2 Å². The molecule has 1 aliphatic carbocycles. The van der Waals surface area contributed by atoms with Crippen molar-refractivity contribution in [3.8, 4) is 11.1 Å². The van der Waals surface area contributed by atoms with E-state index in [0.717, 1.165) is 29.8 Å². The van der Waals surface area contributed by atoms with Crippen molar-refractivity contribution < 1.29 is 0 Å². The molecule has 6 heteroatoms. The first kappa shape index (κ1) is 13.0. The van der Waals surface area contributed by atoms with Crippen molar-refractivity contribution in [3.63, 3.8) is 0 Å². The maximum Gasteiger partial charge on any atom is 0.255 e. The number of rotatable bonds is 2. The van der Waals surface area contributed by atoms with E-state index in [9.17, 15) is 0 Å². The number of aromatic nitrogens is 4. The molecule has 106 valence electrons. The zero-order valence-electron chi connectivity index (χ0n) is 11.3. The van der Waals surface area contributed by atoms with Crippen LogP contribution < -0.4 is 0 Å². The molecule has 1 aromatic carbocycles. The third-order valence-electron chi connectivity index (χ3n) is 3.65. The molecule has 0 saturated heterocycles. The lowest BCUT2D eigenvalue weighted by Gasteiger charge is -2.08. The molecule has 1 aliphatic rings. The summed E-state index contributed by atoms with van der Waals surface area (Å²) in [4.78, 5) is 8.76. The van der Waals surface area contributed by atoms with E-state index < -0.39 is 0 Å². The van der Waals surface area contributed by atoms with E-state index in [0.29, 0.717) is 27.6 Å². The van der Waals surface area contributed by atoms with Crippen LogP contribution in [0.4, 0.5) is 0 Å². The Morgan fingerprint density at radius 2 is 2.00 bits per heavy atom. The molecule has 2 aromatic heterocycles. The molecule has 3 aromatic rings. The number of hydrogen-bond acceptors (Lipinski definition) is 3. The van der Waals surface area contributed by atoms with Crippen LogP contribution in [0.25, 0.3) is 16.9 Å². The van der Waals surface area contributed by atoms with Crippen LogP contribution in [-0.2, 0) is 0 Å². The molecule has 0 spiro atoms. The maximum atomic E-state index is 6.51. The van der Waals surface area contributed by atoms with Gasteiger partial charge in [0.25, 0.3) is 5.78 Å². The zero-order valence-corrected chi connectivity index (χ0v) is 12.9. The molecule has 4 rings (SSSR count). The minimum atomic E-state index is 0.354. The van der Waals surface area contributed by atoms with Crippen molar-refractivity contribution in [2.45, 2.75) is 25.7 Å². The van der Waals surface area contributed by atoms with Gasteiger partial charge in [-0.2, -0.15) is 14.5 Å². The van der Waals surface area contributed by atoms with Crippen molar-refractivity contribution >= 4 is 29.0 Å². The third kappa shape index (κ3) is 2.19. The van der Waals surface area contributed by atoms with Crippen molar-refractivity contribution in [2.75, 3.05) is 0 Å². The fraction of sp³-hybridized carbons (Fsp3) is 0.267. The van der Waals surface area contributed by atoms with E-state index in [-0.39, 0.29) is 0 Å². The molecule has 0 radical (unpaired) electrons. The second-order valence-electron chi connectivity index (χ2n) is 5.39. The fourth-order valence-electron chi connectivity index (χ4n) is 2.41. The Hall–Kier alpha value is -1.65. The molecule has 4 nitrogen and oxygen atoms in total. The fourth-order valence-corrected chi connectivity index (χ4v) is 3.05. The van der Waals surface area contributed by atoms with Gasteiger partial charge in [0.15, 0.2) is 5.82 Å². The number of nitrogens with zero attached hydrogens (tertiary/aromatic N) is 4. The molecular weight excluding hydrogens is 307 g/mol. The summed E-state index contributed by atoms with van der Waals surface area (Å²) in [5.74, 6) is 1.72. The molecule has 0 unspecified atom stereocenters. The highest BCUT2D eigenvalue weighted by Gasteiger charge is 2.29. The Balaban J connectivity index is 1.96.